The van der Waals surface area contributed by atoms with Crippen molar-refractivity contribution in [2.45, 2.75) is 83.8 Å². The minimum absolute atomic E-state index is 0.0143. The molecule has 1 aromatic carbocycles. The highest BCUT2D eigenvalue weighted by molar-refractivity contribution is 5.89. The summed E-state index contributed by atoms with van der Waals surface area (Å²) in [5.41, 5.74) is 1.10. The van der Waals surface area contributed by atoms with E-state index in [9.17, 15) is 9.59 Å². The molecule has 3 atom stereocenters. The summed E-state index contributed by atoms with van der Waals surface area (Å²) in [5, 5.41) is 16.3. The van der Waals surface area contributed by atoms with Gasteiger partial charge in [-0.25, -0.2) is 0 Å². The summed E-state index contributed by atoms with van der Waals surface area (Å²) >= 11 is 0. The number of carbonyl (C=O) groups is 2. The molecule has 1 aliphatic heterocycles. The minimum Gasteiger partial charge on any atom is -0.344 e. The van der Waals surface area contributed by atoms with E-state index < -0.39 is 6.04 Å². The van der Waals surface area contributed by atoms with Gasteiger partial charge in [0.05, 0.1) is 12.6 Å². The number of nitrogens with one attached hydrogen (secondary N) is 1. The highest BCUT2D eigenvalue weighted by Gasteiger charge is 2.40. The Hall–Kier alpha value is -2.77. The number of tetrazole rings is 1. The lowest BCUT2D eigenvalue weighted by atomic mass is 9.83. The molecule has 2 heterocycles. The minimum atomic E-state index is -0.466. The molecular formula is C25H36N6O2. The van der Waals surface area contributed by atoms with E-state index in [0.717, 1.165) is 50.5 Å². The van der Waals surface area contributed by atoms with Crippen LogP contribution in [0.5, 0.6) is 0 Å². The predicted octanol–water partition coefficient (Wildman–Crippen LogP) is 3.50. The van der Waals surface area contributed by atoms with Gasteiger partial charge in [-0.05, 0) is 48.8 Å². The predicted molar refractivity (Wildman–Crippen MR) is 125 cm³/mol. The molecule has 178 valence electrons. The van der Waals surface area contributed by atoms with Crippen LogP contribution in [0, 0.1) is 11.8 Å². The van der Waals surface area contributed by atoms with Crippen LogP contribution in [0.3, 0.4) is 0 Å². The average Bonchev–Trinajstić information content (AvgIpc) is 3.52. The normalized spacial score (nSPS) is 21.0. The smallest absolute Gasteiger partial charge is 0.246 e. The molecule has 2 fully saturated rings. The standard InChI is InChI=1S/C25H36N6O2/c1-3-18(2)24(32)26-22(20-13-8-5-9-14-20)25(33)30-16-10-15-21(30)23-27-29-31(28-23)17-19-11-6-4-7-12-19/h4,6-7,11-12,18,20-22H,3,5,8-10,13-17H2,1-2H3,(H,26,32)/t18-,21+,22+/m1/s1. The van der Waals surface area contributed by atoms with E-state index in [-0.39, 0.29) is 29.7 Å². The molecular weight excluding hydrogens is 416 g/mol. The lowest BCUT2D eigenvalue weighted by molar-refractivity contribution is -0.140. The van der Waals surface area contributed by atoms with Crippen molar-refractivity contribution in [3.63, 3.8) is 0 Å². The Kier molecular flexibility index (Phi) is 7.73. The molecule has 33 heavy (non-hydrogen) atoms. The Bertz CT molecular complexity index is 924. The second kappa shape index (κ2) is 10.9. The van der Waals surface area contributed by atoms with Gasteiger partial charge in [0.25, 0.3) is 0 Å². The summed E-state index contributed by atoms with van der Waals surface area (Å²) in [5.74, 6) is 0.678. The van der Waals surface area contributed by atoms with E-state index in [0.29, 0.717) is 18.9 Å². The van der Waals surface area contributed by atoms with E-state index in [4.69, 9.17) is 0 Å². The van der Waals surface area contributed by atoms with Gasteiger partial charge in [-0.2, -0.15) is 4.80 Å². The van der Waals surface area contributed by atoms with Crippen LogP contribution in [-0.2, 0) is 16.1 Å². The van der Waals surface area contributed by atoms with Crippen LogP contribution >= 0.6 is 0 Å². The molecule has 0 radical (unpaired) electrons. The first-order chi connectivity index (χ1) is 16.1. The zero-order valence-corrected chi connectivity index (χ0v) is 19.8. The summed E-state index contributed by atoms with van der Waals surface area (Å²) in [4.78, 5) is 30.0. The van der Waals surface area contributed by atoms with Crippen molar-refractivity contribution in [3.05, 3.63) is 41.7 Å². The van der Waals surface area contributed by atoms with Crippen LogP contribution in [0.2, 0.25) is 0 Å². The van der Waals surface area contributed by atoms with Crippen LogP contribution in [0.25, 0.3) is 0 Å². The van der Waals surface area contributed by atoms with Crippen LogP contribution < -0.4 is 5.32 Å². The number of hydrogen-bond acceptors (Lipinski definition) is 5. The number of hydrogen-bond donors (Lipinski definition) is 1. The van der Waals surface area contributed by atoms with Gasteiger partial charge >= 0.3 is 0 Å². The SMILES string of the molecule is CC[C@@H](C)C(=O)N[C@H](C(=O)N1CCC[C@H]1c1nnn(Cc2ccccc2)n1)C1CCCCC1. The molecule has 1 N–H and O–H groups in total. The van der Waals surface area contributed by atoms with Crippen molar-refractivity contribution in [1.82, 2.24) is 30.4 Å². The van der Waals surface area contributed by atoms with Crippen molar-refractivity contribution in [2.75, 3.05) is 6.54 Å². The molecule has 4 rings (SSSR count). The van der Waals surface area contributed by atoms with Gasteiger partial charge in [-0.15, -0.1) is 10.2 Å². The number of aromatic nitrogens is 4. The highest BCUT2D eigenvalue weighted by atomic mass is 16.2. The summed E-state index contributed by atoms with van der Waals surface area (Å²) in [7, 11) is 0. The van der Waals surface area contributed by atoms with Gasteiger partial charge in [0.1, 0.15) is 6.04 Å². The zero-order valence-electron chi connectivity index (χ0n) is 19.8. The zero-order chi connectivity index (χ0) is 23.2. The van der Waals surface area contributed by atoms with Crippen LogP contribution in [-0.4, -0.2) is 49.5 Å². The Morgan fingerprint density at radius 1 is 1.09 bits per heavy atom. The van der Waals surface area contributed by atoms with Crippen LogP contribution in [0.4, 0.5) is 0 Å². The molecule has 2 amide bonds. The van der Waals surface area contributed by atoms with Crippen molar-refractivity contribution in [1.29, 1.82) is 0 Å². The number of rotatable bonds is 8. The Morgan fingerprint density at radius 2 is 1.85 bits per heavy atom. The molecule has 1 saturated carbocycles. The monoisotopic (exact) mass is 452 g/mol. The van der Waals surface area contributed by atoms with Crippen LogP contribution in [0.15, 0.2) is 30.3 Å². The number of likely N-dealkylation sites (tertiary alicyclic amines) is 1. The third-order valence-corrected chi connectivity index (χ3v) is 7.21. The van der Waals surface area contributed by atoms with Crippen LogP contribution in [0.1, 0.15) is 82.6 Å². The van der Waals surface area contributed by atoms with E-state index in [1.54, 1.807) is 4.80 Å². The Morgan fingerprint density at radius 3 is 2.58 bits per heavy atom. The molecule has 0 spiro atoms. The molecule has 8 nitrogen and oxygen atoms in total. The second-order valence-electron chi connectivity index (χ2n) is 9.55. The molecule has 8 heteroatoms. The summed E-state index contributed by atoms with van der Waals surface area (Å²) in [6.07, 6.45) is 7.90. The third kappa shape index (κ3) is 5.60. The maximum atomic E-state index is 13.8. The van der Waals surface area contributed by atoms with Crippen molar-refractivity contribution in [3.8, 4) is 0 Å². The molecule has 1 aromatic heterocycles. The lowest BCUT2D eigenvalue weighted by Crippen LogP contribution is -2.53. The lowest BCUT2D eigenvalue weighted by Gasteiger charge is -2.34. The van der Waals surface area contributed by atoms with Gasteiger partial charge in [0.15, 0.2) is 5.82 Å². The van der Waals surface area contributed by atoms with Gasteiger partial charge in [-0.1, -0.05) is 63.4 Å². The van der Waals surface area contributed by atoms with Crippen molar-refractivity contribution >= 4 is 11.8 Å². The van der Waals surface area contributed by atoms with E-state index in [2.05, 4.69) is 20.7 Å². The van der Waals surface area contributed by atoms with E-state index in [1.807, 2.05) is 49.1 Å². The number of carbonyl (C=O) groups excluding carboxylic acids is 2. The fourth-order valence-corrected chi connectivity index (χ4v) is 5.01. The number of nitrogens with zero attached hydrogens (tertiary/aromatic N) is 5. The van der Waals surface area contributed by atoms with Gasteiger partial charge in [0, 0.05) is 12.5 Å². The van der Waals surface area contributed by atoms with E-state index >= 15 is 0 Å². The largest absolute Gasteiger partial charge is 0.344 e. The first-order valence-corrected chi connectivity index (χ1v) is 12.5. The maximum Gasteiger partial charge on any atom is 0.246 e. The molecule has 0 unspecified atom stereocenters. The average molecular weight is 453 g/mol. The quantitative estimate of drug-likeness (QED) is 0.662. The van der Waals surface area contributed by atoms with Crippen molar-refractivity contribution in [2.24, 2.45) is 11.8 Å². The second-order valence-corrected chi connectivity index (χ2v) is 9.55. The third-order valence-electron chi connectivity index (χ3n) is 7.21. The van der Waals surface area contributed by atoms with E-state index in [1.165, 1.54) is 6.42 Å². The van der Waals surface area contributed by atoms with Gasteiger partial charge in [0.2, 0.25) is 11.8 Å². The molecule has 1 aliphatic carbocycles. The fraction of sp³-hybridized carbons (Fsp3) is 0.640. The topological polar surface area (TPSA) is 93.0 Å². The number of amides is 2. The maximum absolute atomic E-state index is 13.8. The first-order valence-electron chi connectivity index (χ1n) is 12.5. The molecule has 2 aromatic rings. The van der Waals surface area contributed by atoms with Crippen molar-refractivity contribution < 1.29 is 9.59 Å². The highest BCUT2D eigenvalue weighted by Crippen LogP contribution is 2.33. The van der Waals surface area contributed by atoms with Gasteiger partial charge < -0.3 is 10.2 Å². The first kappa shape index (κ1) is 23.4. The Labute approximate surface area is 196 Å². The molecule has 2 aliphatic rings. The summed E-state index contributed by atoms with van der Waals surface area (Å²) in [6.45, 7) is 5.14. The number of benzene rings is 1. The van der Waals surface area contributed by atoms with Gasteiger partial charge in [-0.3, -0.25) is 9.59 Å². The fourth-order valence-electron chi connectivity index (χ4n) is 5.01. The Balaban J connectivity index is 1.50. The summed E-state index contributed by atoms with van der Waals surface area (Å²) in [6, 6.07) is 9.37. The summed E-state index contributed by atoms with van der Waals surface area (Å²) < 4.78 is 0. The molecule has 0 bridgehead atoms. The molecule has 1 saturated heterocycles.